The maximum absolute atomic E-state index is 13.5. The van der Waals surface area contributed by atoms with Gasteiger partial charge in [-0.15, -0.1) is 0 Å². The van der Waals surface area contributed by atoms with Gasteiger partial charge in [0.2, 0.25) is 0 Å². The minimum absolute atomic E-state index is 0.0208. The minimum Gasteiger partial charge on any atom is -0.444 e. The van der Waals surface area contributed by atoms with E-state index in [-0.39, 0.29) is 45.8 Å². The van der Waals surface area contributed by atoms with E-state index in [1.165, 1.54) is 11.0 Å². The Morgan fingerprint density at radius 3 is 1.95 bits per heavy atom. The van der Waals surface area contributed by atoms with Crippen LogP contribution in [0, 0.1) is 0 Å². The Balaban J connectivity index is 1.70. The maximum Gasteiger partial charge on any atom is 0.434 e. The summed E-state index contributed by atoms with van der Waals surface area (Å²) in [6, 6.07) is 3.26. The molecule has 3 rings (SSSR count). The molecular formula is C25H30F9N3O4. The van der Waals surface area contributed by atoms with Gasteiger partial charge in [-0.05, 0) is 50.5 Å². The molecule has 2 aliphatic rings. The van der Waals surface area contributed by atoms with Crippen molar-refractivity contribution < 1.29 is 58.6 Å². The van der Waals surface area contributed by atoms with Crippen molar-refractivity contribution in [3.63, 3.8) is 0 Å². The Hall–Kier alpha value is -2.91. The number of amides is 2. The van der Waals surface area contributed by atoms with E-state index in [0.717, 1.165) is 12.1 Å². The first kappa shape index (κ1) is 32.6. The van der Waals surface area contributed by atoms with Crippen LogP contribution >= 0.6 is 0 Å². The Morgan fingerprint density at radius 1 is 0.854 bits per heavy atom. The quantitative estimate of drug-likeness (QED) is 0.383. The molecule has 232 valence electrons. The number of carbonyl (C=O) groups is 2. The highest BCUT2D eigenvalue weighted by Crippen LogP contribution is 2.38. The molecule has 2 amide bonds. The Bertz CT molecular complexity index is 1080. The third kappa shape index (κ3) is 8.79. The van der Waals surface area contributed by atoms with Gasteiger partial charge >= 0.3 is 30.7 Å². The van der Waals surface area contributed by atoms with Crippen LogP contribution in [0.15, 0.2) is 18.2 Å². The van der Waals surface area contributed by atoms with Gasteiger partial charge in [0.05, 0.1) is 5.56 Å². The van der Waals surface area contributed by atoms with Gasteiger partial charge in [0.25, 0.3) is 6.10 Å². The molecule has 2 aliphatic heterocycles. The van der Waals surface area contributed by atoms with E-state index < -0.39 is 53.9 Å². The van der Waals surface area contributed by atoms with E-state index >= 15 is 0 Å². The predicted molar refractivity (Wildman–Crippen MR) is 126 cm³/mol. The molecule has 1 aromatic carbocycles. The normalized spacial score (nSPS) is 19.6. The molecule has 0 bridgehead atoms. The molecule has 16 heteroatoms. The average Bonchev–Trinajstić information content (AvgIpc) is 3.30. The van der Waals surface area contributed by atoms with Crippen molar-refractivity contribution in [1.82, 2.24) is 14.7 Å². The molecule has 0 aliphatic carbocycles. The SMILES string of the molecule is CC(C)(C)OC(=O)N1CCC(c2cc(C(F)(F)F)ccc2CN2CCN(C(=O)OC(C(F)(F)F)C(F)(F)F)CC2)C1. The first-order valence-electron chi connectivity index (χ1n) is 12.6. The number of rotatable bonds is 4. The Labute approximate surface area is 230 Å². The maximum atomic E-state index is 13.5. The molecular weight excluding hydrogens is 577 g/mol. The van der Waals surface area contributed by atoms with Crippen LogP contribution in [-0.4, -0.2) is 90.2 Å². The number of likely N-dealkylation sites (tertiary alicyclic amines) is 1. The zero-order chi connectivity index (χ0) is 31.0. The van der Waals surface area contributed by atoms with Crippen LogP contribution in [0.5, 0.6) is 0 Å². The number of piperazine rings is 1. The smallest absolute Gasteiger partial charge is 0.434 e. The number of hydrogen-bond acceptors (Lipinski definition) is 5. The van der Waals surface area contributed by atoms with Crippen molar-refractivity contribution in [1.29, 1.82) is 0 Å². The molecule has 2 saturated heterocycles. The summed E-state index contributed by atoms with van der Waals surface area (Å²) in [5, 5.41) is 0. The van der Waals surface area contributed by atoms with Crippen molar-refractivity contribution in [3.05, 3.63) is 34.9 Å². The molecule has 0 spiro atoms. The zero-order valence-corrected chi connectivity index (χ0v) is 22.4. The summed E-state index contributed by atoms with van der Waals surface area (Å²) in [4.78, 5) is 28.4. The Kier molecular flexibility index (Phi) is 9.35. The standard InChI is InChI=1S/C25H30F9N3O4/c1-22(2,3)41-21(39)37-7-6-16(14-37)18-12-17(23(26,27)28)5-4-15(18)13-35-8-10-36(11-9-35)20(38)40-19(24(29,30)31)25(32,33)34/h4-5,12,16,19H,6-11,13-14H2,1-3H3. The van der Waals surface area contributed by atoms with Gasteiger partial charge in [-0.3, -0.25) is 4.90 Å². The first-order valence-corrected chi connectivity index (χ1v) is 12.6. The van der Waals surface area contributed by atoms with Crippen molar-refractivity contribution in [3.8, 4) is 0 Å². The number of nitrogens with zero attached hydrogens (tertiary/aromatic N) is 3. The third-order valence-corrected chi connectivity index (χ3v) is 6.59. The largest absolute Gasteiger partial charge is 0.444 e. The van der Waals surface area contributed by atoms with Gasteiger partial charge in [-0.25, -0.2) is 9.59 Å². The van der Waals surface area contributed by atoms with Crippen LogP contribution in [0.1, 0.15) is 49.8 Å². The van der Waals surface area contributed by atoms with E-state index in [1.807, 2.05) is 0 Å². The first-order chi connectivity index (χ1) is 18.6. The predicted octanol–water partition coefficient (Wildman–Crippen LogP) is 6.18. The van der Waals surface area contributed by atoms with Gasteiger partial charge in [0, 0.05) is 51.7 Å². The van der Waals surface area contributed by atoms with E-state index in [9.17, 15) is 49.1 Å². The molecule has 1 unspecified atom stereocenters. The number of ether oxygens (including phenoxy) is 2. The monoisotopic (exact) mass is 607 g/mol. The topological polar surface area (TPSA) is 62.3 Å². The average molecular weight is 608 g/mol. The molecule has 0 radical (unpaired) electrons. The molecule has 0 N–H and O–H groups in total. The summed E-state index contributed by atoms with van der Waals surface area (Å²) in [5.41, 5.74) is -0.750. The highest BCUT2D eigenvalue weighted by atomic mass is 19.4. The molecule has 0 saturated carbocycles. The fraction of sp³-hybridized carbons (Fsp3) is 0.680. The highest BCUT2D eigenvalue weighted by Gasteiger charge is 2.60. The van der Waals surface area contributed by atoms with Gasteiger partial charge in [-0.1, -0.05) is 6.07 Å². The molecule has 7 nitrogen and oxygen atoms in total. The summed E-state index contributed by atoms with van der Waals surface area (Å²) in [7, 11) is 0. The Morgan fingerprint density at radius 2 is 1.44 bits per heavy atom. The number of hydrogen-bond donors (Lipinski definition) is 0. The van der Waals surface area contributed by atoms with Gasteiger partial charge in [-0.2, -0.15) is 39.5 Å². The zero-order valence-electron chi connectivity index (χ0n) is 22.4. The van der Waals surface area contributed by atoms with Gasteiger partial charge < -0.3 is 19.3 Å². The van der Waals surface area contributed by atoms with E-state index in [1.54, 1.807) is 25.7 Å². The highest BCUT2D eigenvalue weighted by molar-refractivity contribution is 5.69. The minimum atomic E-state index is -5.84. The van der Waals surface area contributed by atoms with E-state index in [4.69, 9.17) is 4.74 Å². The van der Waals surface area contributed by atoms with Crippen LogP contribution in [-0.2, 0) is 22.2 Å². The lowest BCUT2D eigenvalue weighted by Gasteiger charge is -2.35. The van der Waals surface area contributed by atoms with Crippen LogP contribution in [0.3, 0.4) is 0 Å². The second-order valence-corrected chi connectivity index (χ2v) is 10.9. The number of benzene rings is 1. The summed E-state index contributed by atoms with van der Waals surface area (Å²) in [6.07, 6.45) is -22.5. The fourth-order valence-corrected chi connectivity index (χ4v) is 4.63. The van der Waals surface area contributed by atoms with Crippen LogP contribution < -0.4 is 0 Å². The fourth-order valence-electron chi connectivity index (χ4n) is 4.63. The van der Waals surface area contributed by atoms with Gasteiger partial charge in [0.15, 0.2) is 0 Å². The third-order valence-electron chi connectivity index (χ3n) is 6.59. The lowest BCUT2D eigenvalue weighted by atomic mass is 9.91. The van der Waals surface area contributed by atoms with E-state index in [2.05, 4.69) is 4.74 Å². The second-order valence-electron chi connectivity index (χ2n) is 10.9. The number of carbonyl (C=O) groups excluding carboxylic acids is 2. The second kappa shape index (κ2) is 11.8. The van der Waals surface area contributed by atoms with Crippen LogP contribution in [0.2, 0.25) is 0 Å². The van der Waals surface area contributed by atoms with Crippen molar-refractivity contribution in [2.24, 2.45) is 0 Å². The molecule has 2 heterocycles. The van der Waals surface area contributed by atoms with Crippen molar-refractivity contribution in [2.75, 3.05) is 39.3 Å². The van der Waals surface area contributed by atoms with Crippen molar-refractivity contribution in [2.45, 2.75) is 69.9 Å². The molecule has 0 aromatic heterocycles. The van der Waals surface area contributed by atoms with Crippen molar-refractivity contribution >= 4 is 12.2 Å². The summed E-state index contributed by atoms with van der Waals surface area (Å²) in [5.74, 6) is -0.433. The van der Waals surface area contributed by atoms with Gasteiger partial charge in [0.1, 0.15) is 5.60 Å². The number of alkyl halides is 9. The summed E-state index contributed by atoms with van der Waals surface area (Å²) in [6.45, 7) is 5.10. The van der Waals surface area contributed by atoms with Crippen LogP contribution in [0.25, 0.3) is 0 Å². The lowest BCUT2D eigenvalue weighted by molar-refractivity contribution is -0.308. The summed E-state index contributed by atoms with van der Waals surface area (Å²) >= 11 is 0. The number of halogens is 9. The van der Waals surface area contributed by atoms with Crippen LogP contribution in [0.4, 0.5) is 49.1 Å². The molecule has 41 heavy (non-hydrogen) atoms. The summed E-state index contributed by atoms with van der Waals surface area (Å²) < 4.78 is 126. The molecule has 1 atom stereocenters. The molecule has 1 aromatic rings. The molecule has 2 fully saturated rings. The lowest BCUT2D eigenvalue weighted by Crippen LogP contribution is -2.52. The van der Waals surface area contributed by atoms with E-state index in [0.29, 0.717) is 22.4 Å².